The van der Waals surface area contributed by atoms with E-state index in [0.29, 0.717) is 46.2 Å². The first-order valence-corrected chi connectivity index (χ1v) is 12.9. The van der Waals surface area contributed by atoms with Crippen LogP contribution in [0.2, 0.25) is 0 Å². The fourth-order valence-electron chi connectivity index (χ4n) is 2.75. The number of hydrogen-bond acceptors (Lipinski definition) is 7. The van der Waals surface area contributed by atoms with Gasteiger partial charge in [0.1, 0.15) is 18.3 Å². The molecule has 0 aromatic heterocycles. The summed E-state index contributed by atoms with van der Waals surface area (Å²) in [4.78, 5) is 0. The SMILES string of the molecule is CCCCOCC(COCC(COCC(CO)OCCCC)OCCCC)OCCCC. The molecular weight excluding hydrogens is 412 g/mol. The normalized spacial score (nSPS) is 14.5. The first kappa shape index (κ1) is 31.7. The summed E-state index contributed by atoms with van der Waals surface area (Å²) in [7, 11) is 0. The second-order valence-electron chi connectivity index (χ2n) is 8.23. The lowest BCUT2D eigenvalue weighted by molar-refractivity contribution is -0.106. The molecule has 32 heavy (non-hydrogen) atoms. The van der Waals surface area contributed by atoms with Gasteiger partial charge in [-0.15, -0.1) is 0 Å². The van der Waals surface area contributed by atoms with Crippen LogP contribution in [0.4, 0.5) is 0 Å². The molecule has 0 aliphatic rings. The predicted molar refractivity (Wildman–Crippen MR) is 128 cm³/mol. The van der Waals surface area contributed by atoms with Gasteiger partial charge in [-0.3, -0.25) is 0 Å². The Morgan fingerprint density at radius 3 is 1.22 bits per heavy atom. The van der Waals surface area contributed by atoms with Crippen molar-refractivity contribution in [1.29, 1.82) is 0 Å². The molecule has 0 spiro atoms. The van der Waals surface area contributed by atoms with Gasteiger partial charge in [0.25, 0.3) is 0 Å². The lowest BCUT2D eigenvalue weighted by Gasteiger charge is -2.22. The van der Waals surface area contributed by atoms with E-state index in [9.17, 15) is 5.11 Å². The van der Waals surface area contributed by atoms with E-state index >= 15 is 0 Å². The maximum absolute atomic E-state index is 9.47. The van der Waals surface area contributed by atoms with E-state index in [2.05, 4.69) is 27.7 Å². The van der Waals surface area contributed by atoms with Crippen molar-refractivity contribution < 1.29 is 33.5 Å². The van der Waals surface area contributed by atoms with Crippen molar-refractivity contribution >= 4 is 0 Å². The monoisotopic (exact) mass is 464 g/mol. The van der Waals surface area contributed by atoms with Crippen LogP contribution in [0.1, 0.15) is 79.1 Å². The first-order valence-electron chi connectivity index (χ1n) is 12.9. The van der Waals surface area contributed by atoms with Gasteiger partial charge >= 0.3 is 0 Å². The van der Waals surface area contributed by atoms with Crippen LogP contribution < -0.4 is 0 Å². The highest BCUT2D eigenvalue weighted by Crippen LogP contribution is 2.04. The van der Waals surface area contributed by atoms with Crippen molar-refractivity contribution in [3.63, 3.8) is 0 Å². The van der Waals surface area contributed by atoms with Gasteiger partial charge in [-0.1, -0.05) is 53.4 Å². The molecule has 0 fully saturated rings. The minimum absolute atomic E-state index is 0.0453. The van der Waals surface area contributed by atoms with E-state index in [1.54, 1.807) is 0 Å². The van der Waals surface area contributed by atoms with Crippen LogP contribution in [0.3, 0.4) is 0 Å². The van der Waals surface area contributed by atoms with Gasteiger partial charge in [0, 0.05) is 26.4 Å². The highest BCUT2D eigenvalue weighted by atomic mass is 16.6. The molecule has 0 amide bonds. The maximum Gasteiger partial charge on any atom is 0.104 e. The topological polar surface area (TPSA) is 75.6 Å². The molecule has 0 aromatic carbocycles. The number of aliphatic hydroxyl groups is 1. The summed E-state index contributed by atoms with van der Waals surface area (Å²) < 4.78 is 35.1. The smallest absolute Gasteiger partial charge is 0.104 e. The largest absolute Gasteiger partial charge is 0.394 e. The molecule has 0 aliphatic carbocycles. The number of rotatable bonds is 26. The summed E-state index contributed by atoms with van der Waals surface area (Å²) in [6.07, 6.45) is 7.93. The van der Waals surface area contributed by atoms with E-state index in [1.807, 2.05) is 0 Å². The van der Waals surface area contributed by atoms with Crippen molar-refractivity contribution in [3.05, 3.63) is 0 Å². The molecule has 0 aromatic rings. The molecule has 3 atom stereocenters. The van der Waals surface area contributed by atoms with E-state index in [0.717, 1.165) is 64.6 Å². The summed E-state index contributed by atoms with van der Waals surface area (Å²) in [5, 5.41) is 9.47. The van der Waals surface area contributed by atoms with Crippen LogP contribution in [0.15, 0.2) is 0 Å². The minimum Gasteiger partial charge on any atom is -0.394 e. The fourth-order valence-corrected chi connectivity index (χ4v) is 2.75. The molecule has 3 unspecified atom stereocenters. The molecule has 7 heteroatoms. The van der Waals surface area contributed by atoms with E-state index in [1.165, 1.54) is 0 Å². The van der Waals surface area contributed by atoms with Crippen molar-refractivity contribution in [2.75, 3.05) is 66.1 Å². The van der Waals surface area contributed by atoms with Crippen molar-refractivity contribution in [3.8, 4) is 0 Å². The zero-order chi connectivity index (χ0) is 23.7. The van der Waals surface area contributed by atoms with Crippen molar-refractivity contribution in [2.45, 2.75) is 97.4 Å². The zero-order valence-corrected chi connectivity index (χ0v) is 21.4. The minimum atomic E-state index is -0.296. The Labute approximate surface area is 197 Å². The molecule has 7 nitrogen and oxygen atoms in total. The number of aliphatic hydroxyl groups excluding tert-OH is 1. The summed E-state index contributed by atoms with van der Waals surface area (Å²) in [6.45, 7) is 13.5. The standard InChI is InChI=1S/C25H52O7/c1-5-9-13-27-19-24(31-15-11-7-3)20-29-22-25(32-16-12-8-4)21-28-18-23(17-26)30-14-10-6-2/h23-26H,5-22H2,1-4H3. The van der Waals surface area contributed by atoms with Gasteiger partial charge < -0.3 is 33.5 Å². The third kappa shape index (κ3) is 20.3. The van der Waals surface area contributed by atoms with E-state index in [-0.39, 0.29) is 24.9 Å². The molecule has 194 valence electrons. The molecule has 0 rings (SSSR count). The van der Waals surface area contributed by atoms with Gasteiger partial charge in [0.15, 0.2) is 0 Å². The van der Waals surface area contributed by atoms with Crippen LogP contribution >= 0.6 is 0 Å². The fraction of sp³-hybridized carbons (Fsp3) is 1.00. The molecule has 0 bridgehead atoms. The summed E-state index contributed by atoms with van der Waals surface area (Å²) in [5.74, 6) is 0. The Morgan fingerprint density at radius 2 is 0.812 bits per heavy atom. The van der Waals surface area contributed by atoms with Gasteiger partial charge in [-0.05, 0) is 25.7 Å². The molecule has 0 radical (unpaired) electrons. The van der Waals surface area contributed by atoms with Crippen LogP contribution in [0.5, 0.6) is 0 Å². The van der Waals surface area contributed by atoms with Crippen molar-refractivity contribution in [1.82, 2.24) is 0 Å². The zero-order valence-electron chi connectivity index (χ0n) is 21.4. The summed E-state index contributed by atoms with van der Waals surface area (Å²) in [5.41, 5.74) is 0. The highest BCUT2D eigenvalue weighted by Gasteiger charge is 2.16. The Morgan fingerprint density at radius 1 is 0.469 bits per heavy atom. The number of ether oxygens (including phenoxy) is 6. The quantitative estimate of drug-likeness (QED) is 0.190. The van der Waals surface area contributed by atoms with Crippen LogP contribution in [0, 0.1) is 0 Å². The lowest BCUT2D eigenvalue weighted by Crippen LogP contribution is -2.33. The summed E-state index contributed by atoms with van der Waals surface area (Å²) >= 11 is 0. The molecule has 1 N–H and O–H groups in total. The molecule has 0 aliphatic heterocycles. The average Bonchev–Trinajstić information content (AvgIpc) is 2.80. The maximum atomic E-state index is 9.47. The third-order valence-corrected chi connectivity index (χ3v) is 4.92. The second-order valence-corrected chi connectivity index (χ2v) is 8.23. The van der Waals surface area contributed by atoms with Gasteiger partial charge in [-0.25, -0.2) is 0 Å². The van der Waals surface area contributed by atoms with Gasteiger partial charge in [0.2, 0.25) is 0 Å². The molecular formula is C25H52O7. The Hall–Kier alpha value is -0.280. The van der Waals surface area contributed by atoms with Gasteiger partial charge in [-0.2, -0.15) is 0 Å². The molecule has 0 heterocycles. The number of unbranched alkanes of at least 4 members (excludes halogenated alkanes) is 4. The van der Waals surface area contributed by atoms with Gasteiger partial charge in [0.05, 0.1) is 39.6 Å². The van der Waals surface area contributed by atoms with Crippen LogP contribution in [-0.2, 0) is 28.4 Å². The average molecular weight is 465 g/mol. The third-order valence-electron chi connectivity index (χ3n) is 4.92. The lowest BCUT2D eigenvalue weighted by atomic mass is 10.3. The second kappa shape index (κ2) is 25.3. The Balaban J connectivity index is 4.39. The highest BCUT2D eigenvalue weighted by molar-refractivity contribution is 4.62. The summed E-state index contributed by atoms with van der Waals surface area (Å²) in [6, 6.07) is 0. The Kier molecular flexibility index (Phi) is 25.1. The molecule has 0 saturated heterocycles. The van der Waals surface area contributed by atoms with E-state index in [4.69, 9.17) is 28.4 Å². The number of hydrogen-bond donors (Lipinski definition) is 1. The van der Waals surface area contributed by atoms with E-state index < -0.39 is 0 Å². The first-order chi connectivity index (χ1) is 15.7. The molecule has 0 saturated carbocycles. The van der Waals surface area contributed by atoms with Crippen LogP contribution in [-0.4, -0.2) is 89.5 Å². The van der Waals surface area contributed by atoms with Crippen molar-refractivity contribution in [2.24, 2.45) is 0 Å². The Bertz CT molecular complexity index is 357. The predicted octanol–water partition coefficient (Wildman–Crippen LogP) is 4.38. The van der Waals surface area contributed by atoms with Crippen LogP contribution in [0.25, 0.3) is 0 Å².